The van der Waals surface area contributed by atoms with Gasteiger partial charge in [0.15, 0.2) is 5.13 Å². The largest absolute Gasteiger partial charge is 0.346 e. The normalized spacial score (nSPS) is 16.9. The summed E-state index contributed by atoms with van der Waals surface area (Å²) in [6.07, 6.45) is 1.80. The molecule has 8 heteroatoms. The van der Waals surface area contributed by atoms with Gasteiger partial charge in [-0.05, 0) is 25.1 Å². The van der Waals surface area contributed by atoms with Crippen molar-refractivity contribution in [2.75, 3.05) is 36.4 Å². The Morgan fingerprint density at radius 2 is 2.12 bits per heavy atom. The molecular weight excluding hydrogens is 351 g/mol. The summed E-state index contributed by atoms with van der Waals surface area (Å²) in [6, 6.07) is 3.65. The average Bonchev–Trinajstić information content (AvgIpc) is 3.11. The van der Waals surface area contributed by atoms with Crippen molar-refractivity contribution >= 4 is 39.7 Å². The molecule has 0 unspecified atom stereocenters. The van der Waals surface area contributed by atoms with Crippen LogP contribution in [-0.4, -0.2) is 48.0 Å². The minimum atomic E-state index is -0.427. The molecule has 1 amide bonds. The maximum Gasteiger partial charge on any atom is 0.241 e. The van der Waals surface area contributed by atoms with Gasteiger partial charge in [-0.2, -0.15) is 0 Å². The van der Waals surface area contributed by atoms with Crippen LogP contribution in [0.1, 0.15) is 6.92 Å². The first-order valence-electron chi connectivity index (χ1n) is 7.69. The minimum absolute atomic E-state index is 0.147. The monoisotopic (exact) mass is 368 g/mol. The van der Waals surface area contributed by atoms with Gasteiger partial charge < -0.3 is 10.2 Å². The van der Waals surface area contributed by atoms with Crippen molar-refractivity contribution in [1.29, 1.82) is 0 Å². The fourth-order valence-electron chi connectivity index (χ4n) is 2.67. The number of carbonyl (C=O) groups excluding carboxylic acids is 1. The zero-order chi connectivity index (χ0) is 17.1. The molecule has 1 fully saturated rings. The first-order chi connectivity index (χ1) is 11.5. The molecule has 1 aromatic heterocycles. The van der Waals surface area contributed by atoms with Crippen molar-refractivity contribution in [2.45, 2.75) is 13.0 Å². The smallest absolute Gasteiger partial charge is 0.241 e. The summed E-state index contributed by atoms with van der Waals surface area (Å²) in [5, 5.41) is 5.95. The Morgan fingerprint density at radius 1 is 1.38 bits per heavy atom. The van der Waals surface area contributed by atoms with Crippen LogP contribution in [0.15, 0.2) is 29.8 Å². The molecule has 2 aromatic rings. The third-order valence-corrected chi connectivity index (χ3v) is 5.27. The summed E-state index contributed by atoms with van der Waals surface area (Å²) in [7, 11) is 0. The second kappa shape index (κ2) is 7.46. The molecular formula is C16H18ClFN4OS. The highest BCUT2D eigenvalue weighted by Crippen LogP contribution is 2.23. The van der Waals surface area contributed by atoms with Crippen LogP contribution >= 0.6 is 22.9 Å². The van der Waals surface area contributed by atoms with Crippen molar-refractivity contribution < 1.29 is 9.18 Å². The standard InChI is InChI=1S/C16H18ClFN4OS/c1-11(15(23)20-14-3-2-12(18)10-13(14)17)21-5-7-22(8-6-21)16-19-4-9-24-16/h2-4,9-11H,5-8H2,1H3,(H,20,23)/t11-/m1/s1. The van der Waals surface area contributed by atoms with Gasteiger partial charge in [-0.1, -0.05) is 11.6 Å². The number of amides is 1. The summed E-state index contributed by atoms with van der Waals surface area (Å²) in [5.74, 6) is -0.574. The van der Waals surface area contributed by atoms with E-state index in [1.54, 1.807) is 17.5 Å². The molecule has 0 radical (unpaired) electrons. The Hall–Kier alpha value is -1.70. The number of piperazine rings is 1. The summed E-state index contributed by atoms with van der Waals surface area (Å²) < 4.78 is 13.1. The molecule has 0 saturated carbocycles. The molecule has 0 aliphatic carbocycles. The van der Waals surface area contributed by atoms with E-state index in [0.717, 1.165) is 31.3 Å². The lowest BCUT2D eigenvalue weighted by Crippen LogP contribution is -2.52. The van der Waals surface area contributed by atoms with Gasteiger partial charge in [-0.3, -0.25) is 9.69 Å². The Morgan fingerprint density at radius 3 is 2.75 bits per heavy atom. The van der Waals surface area contributed by atoms with Gasteiger partial charge in [-0.15, -0.1) is 11.3 Å². The fraction of sp³-hybridized carbons (Fsp3) is 0.375. The molecule has 1 aromatic carbocycles. The topological polar surface area (TPSA) is 48.5 Å². The molecule has 24 heavy (non-hydrogen) atoms. The van der Waals surface area contributed by atoms with E-state index >= 15 is 0 Å². The van der Waals surface area contributed by atoms with Crippen LogP contribution < -0.4 is 10.2 Å². The second-order valence-electron chi connectivity index (χ2n) is 5.63. The molecule has 1 aliphatic rings. The third kappa shape index (κ3) is 3.85. The summed E-state index contributed by atoms with van der Waals surface area (Å²) in [5.41, 5.74) is 0.427. The number of carbonyl (C=O) groups is 1. The van der Waals surface area contributed by atoms with Crippen molar-refractivity contribution in [1.82, 2.24) is 9.88 Å². The van der Waals surface area contributed by atoms with Crippen LogP contribution in [0, 0.1) is 5.82 Å². The third-order valence-electron chi connectivity index (χ3n) is 4.12. The predicted molar refractivity (Wildman–Crippen MR) is 95.4 cm³/mol. The first kappa shape index (κ1) is 17.1. The molecule has 128 valence electrons. The highest BCUT2D eigenvalue weighted by molar-refractivity contribution is 7.13. The van der Waals surface area contributed by atoms with E-state index in [-0.39, 0.29) is 17.0 Å². The Labute approximate surface area is 149 Å². The number of halogens is 2. The van der Waals surface area contributed by atoms with Crippen LogP contribution in [-0.2, 0) is 4.79 Å². The van der Waals surface area contributed by atoms with Crippen molar-refractivity contribution in [2.24, 2.45) is 0 Å². The number of nitrogens with one attached hydrogen (secondary N) is 1. The minimum Gasteiger partial charge on any atom is -0.346 e. The zero-order valence-corrected chi connectivity index (χ0v) is 14.8. The lowest BCUT2D eigenvalue weighted by molar-refractivity contribution is -0.120. The number of hydrogen-bond acceptors (Lipinski definition) is 5. The van der Waals surface area contributed by atoms with Gasteiger partial charge in [0.2, 0.25) is 5.91 Å². The van der Waals surface area contributed by atoms with Gasteiger partial charge in [0.05, 0.1) is 16.8 Å². The molecule has 1 N–H and O–H groups in total. The molecule has 1 atom stereocenters. The van der Waals surface area contributed by atoms with Crippen LogP contribution in [0.4, 0.5) is 15.2 Å². The Bertz CT molecular complexity index is 704. The lowest BCUT2D eigenvalue weighted by atomic mass is 10.2. The molecule has 1 saturated heterocycles. The van der Waals surface area contributed by atoms with Crippen molar-refractivity contribution in [3.63, 3.8) is 0 Å². The maximum absolute atomic E-state index is 13.1. The van der Waals surface area contributed by atoms with Gasteiger partial charge in [0, 0.05) is 37.8 Å². The highest BCUT2D eigenvalue weighted by Gasteiger charge is 2.26. The highest BCUT2D eigenvalue weighted by atomic mass is 35.5. The van der Waals surface area contributed by atoms with E-state index < -0.39 is 5.82 Å². The number of thiazole rings is 1. The number of rotatable bonds is 4. The van der Waals surface area contributed by atoms with E-state index in [4.69, 9.17) is 11.6 Å². The number of benzene rings is 1. The molecule has 1 aliphatic heterocycles. The lowest BCUT2D eigenvalue weighted by Gasteiger charge is -2.37. The molecule has 0 bridgehead atoms. The van der Waals surface area contributed by atoms with Gasteiger partial charge in [0.1, 0.15) is 5.82 Å². The molecule has 3 rings (SSSR count). The number of aromatic nitrogens is 1. The van der Waals surface area contributed by atoms with Crippen LogP contribution in [0.2, 0.25) is 5.02 Å². The fourth-order valence-corrected chi connectivity index (χ4v) is 3.58. The SMILES string of the molecule is C[C@H](C(=O)Nc1ccc(F)cc1Cl)N1CCN(c2nccs2)CC1. The van der Waals surface area contributed by atoms with Gasteiger partial charge in [0.25, 0.3) is 0 Å². The van der Waals surface area contributed by atoms with Crippen LogP contribution in [0.5, 0.6) is 0 Å². The Kier molecular flexibility index (Phi) is 5.33. The number of anilines is 2. The molecule has 2 heterocycles. The number of hydrogen-bond donors (Lipinski definition) is 1. The average molecular weight is 369 g/mol. The van der Waals surface area contributed by atoms with E-state index in [1.807, 2.05) is 12.3 Å². The second-order valence-corrected chi connectivity index (χ2v) is 6.91. The van der Waals surface area contributed by atoms with Gasteiger partial charge in [-0.25, -0.2) is 9.37 Å². The predicted octanol–water partition coefficient (Wildman–Crippen LogP) is 3.08. The van der Waals surface area contributed by atoms with E-state index in [2.05, 4.69) is 20.1 Å². The molecule has 0 spiro atoms. The Balaban J connectivity index is 1.56. The quantitative estimate of drug-likeness (QED) is 0.901. The van der Waals surface area contributed by atoms with Crippen LogP contribution in [0.25, 0.3) is 0 Å². The molecule has 5 nitrogen and oxygen atoms in total. The number of nitrogens with zero attached hydrogens (tertiary/aromatic N) is 3. The van der Waals surface area contributed by atoms with E-state index in [9.17, 15) is 9.18 Å². The van der Waals surface area contributed by atoms with E-state index in [1.165, 1.54) is 18.2 Å². The van der Waals surface area contributed by atoms with Gasteiger partial charge >= 0.3 is 0 Å². The zero-order valence-electron chi connectivity index (χ0n) is 13.2. The summed E-state index contributed by atoms with van der Waals surface area (Å²) in [4.78, 5) is 21.1. The summed E-state index contributed by atoms with van der Waals surface area (Å²) >= 11 is 7.58. The maximum atomic E-state index is 13.1. The van der Waals surface area contributed by atoms with Crippen molar-refractivity contribution in [3.05, 3.63) is 40.6 Å². The van der Waals surface area contributed by atoms with Crippen molar-refractivity contribution in [3.8, 4) is 0 Å². The first-order valence-corrected chi connectivity index (χ1v) is 8.95. The van der Waals surface area contributed by atoms with E-state index in [0.29, 0.717) is 5.69 Å². The summed E-state index contributed by atoms with van der Waals surface area (Å²) in [6.45, 7) is 5.10. The van der Waals surface area contributed by atoms with Crippen LogP contribution in [0.3, 0.4) is 0 Å².